The normalized spacial score (nSPS) is 10.5. The summed E-state index contributed by atoms with van der Waals surface area (Å²) in [7, 11) is 0. The highest BCUT2D eigenvalue weighted by atomic mass is 16.5. The van der Waals surface area contributed by atoms with Gasteiger partial charge in [0.15, 0.2) is 6.61 Å². The monoisotopic (exact) mass is 381 g/mol. The highest BCUT2D eigenvalue weighted by Gasteiger charge is 2.12. The largest absolute Gasteiger partial charge is 0.452 e. The van der Waals surface area contributed by atoms with E-state index in [-0.39, 0.29) is 12.5 Å². The predicted octanol–water partition coefficient (Wildman–Crippen LogP) is 5.30. The van der Waals surface area contributed by atoms with Gasteiger partial charge in [-0.3, -0.25) is 4.79 Å². The van der Waals surface area contributed by atoms with Gasteiger partial charge < -0.3 is 10.1 Å². The van der Waals surface area contributed by atoms with Gasteiger partial charge in [-0.2, -0.15) is 0 Å². The van der Waals surface area contributed by atoms with Gasteiger partial charge in [-0.15, -0.1) is 0 Å². The third-order valence-electron chi connectivity index (χ3n) is 4.61. The minimum absolute atomic E-state index is 0.352. The van der Waals surface area contributed by atoms with Gasteiger partial charge in [0.25, 0.3) is 5.91 Å². The van der Waals surface area contributed by atoms with E-state index in [1.54, 1.807) is 12.1 Å². The molecule has 0 atom stereocenters. The van der Waals surface area contributed by atoms with E-state index < -0.39 is 5.97 Å². The fourth-order valence-corrected chi connectivity index (χ4v) is 3.18. The molecule has 0 heterocycles. The zero-order valence-corrected chi connectivity index (χ0v) is 15.7. The molecule has 4 aromatic rings. The van der Waals surface area contributed by atoms with Crippen molar-refractivity contribution in [2.45, 2.75) is 0 Å². The molecule has 0 bridgehead atoms. The molecule has 4 heteroatoms. The van der Waals surface area contributed by atoms with Gasteiger partial charge in [0.2, 0.25) is 0 Å². The number of hydrogen-bond donors (Lipinski definition) is 1. The van der Waals surface area contributed by atoms with Crippen molar-refractivity contribution >= 4 is 28.3 Å². The first-order valence-corrected chi connectivity index (χ1v) is 9.31. The fraction of sp³-hybridized carbons (Fsp3) is 0.0400. The minimum Gasteiger partial charge on any atom is -0.452 e. The first kappa shape index (κ1) is 18.4. The van der Waals surface area contributed by atoms with Crippen LogP contribution in [-0.4, -0.2) is 18.5 Å². The Balaban J connectivity index is 1.42. The van der Waals surface area contributed by atoms with Crippen molar-refractivity contribution < 1.29 is 14.3 Å². The number of amides is 1. The molecule has 29 heavy (non-hydrogen) atoms. The zero-order valence-electron chi connectivity index (χ0n) is 15.7. The van der Waals surface area contributed by atoms with Crippen LogP contribution in [0.2, 0.25) is 0 Å². The van der Waals surface area contributed by atoms with E-state index in [1.165, 1.54) is 0 Å². The number of rotatable bonds is 5. The SMILES string of the molecule is O=C(COC(=O)c1ccc2ccccc2c1)Nc1ccccc1-c1ccccc1. The van der Waals surface area contributed by atoms with Crippen LogP contribution in [0.4, 0.5) is 5.69 Å². The van der Waals surface area contributed by atoms with Crippen LogP contribution in [0, 0.1) is 0 Å². The molecule has 0 unspecified atom stereocenters. The number of nitrogens with one attached hydrogen (secondary N) is 1. The van der Waals surface area contributed by atoms with E-state index in [9.17, 15) is 9.59 Å². The Morgan fingerprint density at radius 2 is 1.41 bits per heavy atom. The predicted molar refractivity (Wildman–Crippen MR) is 115 cm³/mol. The van der Waals surface area contributed by atoms with Crippen LogP contribution in [0.3, 0.4) is 0 Å². The summed E-state index contributed by atoms with van der Waals surface area (Å²) in [5.41, 5.74) is 2.99. The van der Waals surface area contributed by atoms with Gasteiger partial charge in [0, 0.05) is 11.3 Å². The third kappa shape index (κ3) is 4.33. The number of esters is 1. The van der Waals surface area contributed by atoms with Crippen molar-refractivity contribution in [3.8, 4) is 11.1 Å². The molecule has 0 aliphatic heterocycles. The minimum atomic E-state index is -0.526. The lowest BCUT2D eigenvalue weighted by molar-refractivity contribution is -0.119. The number of fused-ring (bicyclic) bond motifs is 1. The lowest BCUT2D eigenvalue weighted by Gasteiger charge is -2.11. The van der Waals surface area contributed by atoms with E-state index in [1.807, 2.05) is 84.9 Å². The van der Waals surface area contributed by atoms with Gasteiger partial charge in [0.05, 0.1) is 5.56 Å². The maximum absolute atomic E-state index is 12.4. The number of ether oxygens (including phenoxy) is 1. The maximum atomic E-state index is 12.4. The molecule has 0 spiro atoms. The van der Waals surface area contributed by atoms with E-state index in [4.69, 9.17) is 4.74 Å². The molecule has 0 aromatic heterocycles. The molecule has 0 saturated carbocycles. The van der Waals surface area contributed by atoms with Crippen molar-refractivity contribution in [3.63, 3.8) is 0 Å². The molecule has 1 N–H and O–H groups in total. The second kappa shape index (κ2) is 8.40. The zero-order chi connectivity index (χ0) is 20.1. The molecule has 0 aliphatic rings. The van der Waals surface area contributed by atoms with E-state index in [2.05, 4.69) is 5.32 Å². The standard InChI is InChI=1S/C25H19NO3/c27-24(26-23-13-7-6-12-22(23)19-9-2-1-3-10-19)17-29-25(28)21-15-14-18-8-4-5-11-20(18)16-21/h1-16H,17H2,(H,26,27). The molecule has 0 radical (unpaired) electrons. The van der Waals surface area contributed by atoms with Crippen molar-refractivity contribution in [2.75, 3.05) is 11.9 Å². The number of carbonyl (C=O) groups excluding carboxylic acids is 2. The number of para-hydroxylation sites is 1. The van der Waals surface area contributed by atoms with Crippen molar-refractivity contribution in [3.05, 3.63) is 103 Å². The van der Waals surface area contributed by atoms with E-state index >= 15 is 0 Å². The molecule has 0 fully saturated rings. The van der Waals surface area contributed by atoms with Crippen molar-refractivity contribution in [1.82, 2.24) is 0 Å². The Hall–Kier alpha value is -3.92. The first-order valence-electron chi connectivity index (χ1n) is 9.31. The summed E-state index contributed by atoms with van der Waals surface area (Å²) in [6.45, 7) is -0.352. The van der Waals surface area contributed by atoms with Crippen molar-refractivity contribution in [1.29, 1.82) is 0 Å². The highest BCUT2D eigenvalue weighted by molar-refractivity contribution is 5.99. The average Bonchev–Trinajstić information content (AvgIpc) is 2.78. The van der Waals surface area contributed by atoms with Gasteiger partial charge in [-0.1, -0.05) is 78.9 Å². The summed E-state index contributed by atoms with van der Waals surface area (Å²) in [5.74, 6) is -0.912. The average molecular weight is 381 g/mol. The summed E-state index contributed by atoms with van der Waals surface area (Å²) in [6, 6.07) is 30.4. The smallest absolute Gasteiger partial charge is 0.338 e. The van der Waals surface area contributed by atoms with E-state index in [0.29, 0.717) is 11.3 Å². The van der Waals surface area contributed by atoms with Gasteiger partial charge >= 0.3 is 5.97 Å². The Labute approximate surface area is 168 Å². The van der Waals surface area contributed by atoms with Crippen LogP contribution in [0.25, 0.3) is 21.9 Å². The molecule has 142 valence electrons. The summed E-state index contributed by atoms with van der Waals surface area (Å²) < 4.78 is 5.21. The van der Waals surface area contributed by atoms with E-state index in [0.717, 1.165) is 21.9 Å². The third-order valence-corrected chi connectivity index (χ3v) is 4.61. The topological polar surface area (TPSA) is 55.4 Å². The molecule has 0 saturated heterocycles. The summed E-state index contributed by atoms with van der Waals surface area (Å²) in [6.07, 6.45) is 0. The van der Waals surface area contributed by atoms with Crippen LogP contribution < -0.4 is 5.32 Å². The number of carbonyl (C=O) groups is 2. The van der Waals surface area contributed by atoms with Gasteiger partial charge in [0.1, 0.15) is 0 Å². The quantitative estimate of drug-likeness (QED) is 0.477. The Morgan fingerprint density at radius 1 is 0.724 bits per heavy atom. The molecule has 1 amide bonds. The van der Waals surface area contributed by atoms with Gasteiger partial charge in [-0.05, 0) is 34.5 Å². The first-order chi connectivity index (χ1) is 14.2. The molecule has 4 aromatic carbocycles. The lowest BCUT2D eigenvalue weighted by Crippen LogP contribution is -2.21. The highest BCUT2D eigenvalue weighted by Crippen LogP contribution is 2.27. The summed E-state index contributed by atoms with van der Waals surface area (Å²) in [5, 5.41) is 4.82. The van der Waals surface area contributed by atoms with Crippen LogP contribution in [-0.2, 0) is 9.53 Å². The number of hydrogen-bond acceptors (Lipinski definition) is 3. The van der Waals surface area contributed by atoms with Crippen molar-refractivity contribution in [2.24, 2.45) is 0 Å². The maximum Gasteiger partial charge on any atom is 0.338 e. The molecule has 0 aliphatic carbocycles. The molecule has 4 rings (SSSR count). The van der Waals surface area contributed by atoms with Crippen LogP contribution >= 0.6 is 0 Å². The Bertz CT molecular complexity index is 1170. The second-order valence-corrected chi connectivity index (χ2v) is 6.60. The Morgan fingerprint density at radius 3 is 2.24 bits per heavy atom. The summed E-state index contributed by atoms with van der Waals surface area (Å²) >= 11 is 0. The number of benzene rings is 4. The molecular weight excluding hydrogens is 362 g/mol. The number of anilines is 1. The molecule has 4 nitrogen and oxygen atoms in total. The van der Waals surface area contributed by atoms with Gasteiger partial charge in [-0.25, -0.2) is 4.79 Å². The van der Waals surface area contributed by atoms with Crippen LogP contribution in [0.15, 0.2) is 97.1 Å². The lowest BCUT2D eigenvalue weighted by atomic mass is 10.0. The van der Waals surface area contributed by atoms with Crippen LogP contribution in [0.5, 0.6) is 0 Å². The molecular formula is C25H19NO3. The summed E-state index contributed by atoms with van der Waals surface area (Å²) in [4.78, 5) is 24.7. The van der Waals surface area contributed by atoms with Crippen LogP contribution in [0.1, 0.15) is 10.4 Å². The fourth-order valence-electron chi connectivity index (χ4n) is 3.18. The Kier molecular flexibility index (Phi) is 5.34. The second-order valence-electron chi connectivity index (χ2n) is 6.60.